The number of carbonyl (C=O) groups is 1. The summed E-state index contributed by atoms with van der Waals surface area (Å²) in [5.41, 5.74) is 11.5. The van der Waals surface area contributed by atoms with Gasteiger partial charge in [-0.1, -0.05) is 11.6 Å². The standard InChI is InChI=1S/C21H30N4O/c1-15-5-6-19-17(12-15)18-14-23(2)10-7-20(18)25(19)11-8-21(26)24-9-3-4-16(22)13-24/h5-6,12,16H,3-4,7-11,13-14,22H2,1-2H3. The average Bonchev–Trinajstić information content (AvgIpc) is 2.92. The van der Waals surface area contributed by atoms with Crippen LogP contribution in [0, 0.1) is 6.92 Å². The van der Waals surface area contributed by atoms with Gasteiger partial charge in [-0.3, -0.25) is 4.79 Å². The Morgan fingerprint density at radius 3 is 2.96 bits per heavy atom. The van der Waals surface area contributed by atoms with E-state index in [0.29, 0.717) is 13.0 Å². The highest BCUT2D eigenvalue weighted by Crippen LogP contribution is 2.31. The maximum absolute atomic E-state index is 12.7. The minimum atomic E-state index is 0.145. The Kier molecular flexibility index (Phi) is 4.76. The van der Waals surface area contributed by atoms with Gasteiger partial charge in [0.15, 0.2) is 0 Å². The summed E-state index contributed by atoms with van der Waals surface area (Å²) in [6, 6.07) is 6.85. The molecule has 1 aromatic heterocycles. The van der Waals surface area contributed by atoms with Crippen molar-refractivity contribution in [2.75, 3.05) is 26.7 Å². The maximum atomic E-state index is 12.7. The molecule has 1 saturated heterocycles. The first-order valence-corrected chi connectivity index (χ1v) is 9.85. The summed E-state index contributed by atoms with van der Waals surface area (Å²) in [5.74, 6) is 0.246. The number of amides is 1. The smallest absolute Gasteiger partial charge is 0.224 e. The largest absolute Gasteiger partial charge is 0.344 e. The highest BCUT2D eigenvalue weighted by atomic mass is 16.2. The topological polar surface area (TPSA) is 54.5 Å². The highest BCUT2D eigenvalue weighted by molar-refractivity contribution is 5.87. The van der Waals surface area contributed by atoms with Gasteiger partial charge in [-0.25, -0.2) is 0 Å². The van der Waals surface area contributed by atoms with Gasteiger partial charge in [0.2, 0.25) is 5.91 Å². The number of aryl methyl sites for hydroxylation is 2. The van der Waals surface area contributed by atoms with Crippen LogP contribution in [0.4, 0.5) is 0 Å². The fraction of sp³-hybridized carbons (Fsp3) is 0.571. The molecule has 2 aliphatic heterocycles. The van der Waals surface area contributed by atoms with E-state index in [0.717, 1.165) is 45.4 Å². The number of nitrogens with two attached hydrogens (primary N) is 1. The van der Waals surface area contributed by atoms with Crippen molar-refractivity contribution in [3.05, 3.63) is 35.0 Å². The van der Waals surface area contributed by atoms with Crippen LogP contribution >= 0.6 is 0 Å². The number of hydrogen-bond acceptors (Lipinski definition) is 3. The molecule has 1 unspecified atom stereocenters. The molecular formula is C21H30N4O. The highest BCUT2D eigenvalue weighted by Gasteiger charge is 2.24. The number of hydrogen-bond donors (Lipinski definition) is 1. The molecule has 1 amide bonds. The fourth-order valence-corrected chi connectivity index (χ4v) is 4.56. The summed E-state index contributed by atoms with van der Waals surface area (Å²) >= 11 is 0. The Labute approximate surface area is 155 Å². The molecule has 140 valence electrons. The lowest BCUT2D eigenvalue weighted by atomic mass is 10.0. The number of benzene rings is 1. The van der Waals surface area contributed by atoms with Gasteiger partial charge in [-0.05, 0) is 44.5 Å². The zero-order valence-corrected chi connectivity index (χ0v) is 16.0. The second-order valence-electron chi connectivity index (χ2n) is 8.08. The van der Waals surface area contributed by atoms with E-state index in [1.807, 2.05) is 4.90 Å². The van der Waals surface area contributed by atoms with Crippen molar-refractivity contribution in [2.45, 2.75) is 51.7 Å². The SMILES string of the molecule is Cc1ccc2c(c1)c1c(n2CCC(=O)N2CCCC(N)C2)CCN(C)C1. The molecule has 5 heteroatoms. The number of nitrogens with zero attached hydrogens (tertiary/aromatic N) is 3. The summed E-state index contributed by atoms with van der Waals surface area (Å²) in [6.45, 7) is 6.57. The molecule has 0 saturated carbocycles. The van der Waals surface area contributed by atoms with E-state index in [4.69, 9.17) is 5.73 Å². The molecule has 2 N–H and O–H groups in total. The van der Waals surface area contributed by atoms with Crippen LogP contribution in [0.2, 0.25) is 0 Å². The quantitative estimate of drug-likeness (QED) is 0.920. The lowest BCUT2D eigenvalue weighted by molar-refractivity contribution is -0.132. The predicted molar refractivity (Wildman–Crippen MR) is 105 cm³/mol. The summed E-state index contributed by atoms with van der Waals surface area (Å²) in [4.78, 5) is 17.0. The number of aromatic nitrogens is 1. The number of likely N-dealkylation sites (N-methyl/N-ethyl adjacent to an activating group) is 1. The van der Waals surface area contributed by atoms with E-state index in [1.54, 1.807) is 0 Å². The Morgan fingerprint density at radius 1 is 1.31 bits per heavy atom. The van der Waals surface area contributed by atoms with Gasteiger partial charge in [-0.2, -0.15) is 0 Å². The number of likely N-dealkylation sites (tertiary alicyclic amines) is 1. The van der Waals surface area contributed by atoms with Crippen molar-refractivity contribution in [2.24, 2.45) is 5.73 Å². The van der Waals surface area contributed by atoms with E-state index in [9.17, 15) is 4.79 Å². The minimum absolute atomic E-state index is 0.145. The van der Waals surface area contributed by atoms with Gasteiger partial charge in [0, 0.05) is 68.2 Å². The maximum Gasteiger partial charge on any atom is 0.224 e. The van der Waals surface area contributed by atoms with Crippen molar-refractivity contribution < 1.29 is 4.79 Å². The van der Waals surface area contributed by atoms with Crippen molar-refractivity contribution in [3.63, 3.8) is 0 Å². The van der Waals surface area contributed by atoms with E-state index in [2.05, 4.69) is 41.6 Å². The van der Waals surface area contributed by atoms with Gasteiger partial charge >= 0.3 is 0 Å². The molecule has 26 heavy (non-hydrogen) atoms. The zero-order valence-electron chi connectivity index (χ0n) is 16.0. The molecule has 0 aliphatic carbocycles. The third kappa shape index (κ3) is 3.26. The van der Waals surface area contributed by atoms with Crippen LogP contribution in [0.1, 0.15) is 36.1 Å². The first kappa shape index (κ1) is 17.6. The number of carbonyl (C=O) groups excluding carboxylic acids is 1. The lowest BCUT2D eigenvalue weighted by Crippen LogP contribution is -2.45. The van der Waals surface area contributed by atoms with Gasteiger partial charge < -0.3 is 20.1 Å². The molecule has 0 spiro atoms. The van der Waals surface area contributed by atoms with Gasteiger partial charge in [0.05, 0.1) is 0 Å². The van der Waals surface area contributed by atoms with E-state index in [1.165, 1.54) is 27.7 Å². The molecule has 0 bridgehead atoms. The molecule has 2 aliphatic rings. The first-order chi connectivity index (χ1) is 12.5. The fourth-order valence-electron chi connectivity index (χ4n) is 4.56. The number of fused-ring (bicyclic) bond motifs is 3. The van der Waals surface area contributed by atoms with Crippen LogP contribution in [0.3, 0.4) is 0 Å². The second-order valence-corrected chi connectivity index (χ2v) is 8.08. The predicted octanol–water partition coefficient (Wildman–Crippen LogP) is 2.28. The van der Waals surface area contributed by atoms with Crippen LogP contribution in [0.15, 0.2) is 18.2 Å². The van der Waals surface area contributed by atoms with Crippen molar-refractivity contribution in [1.82, 2.24) is 14.4 Å². The number of piperidine rings is 1. The second kappa shape index (κ2) is 7.05. The number of rotatable bonds is 3. The van der Waals surface area contributed by atoms with Gasteiger partial charge in [-0.15, -0.1) is 0 Å². The zero-order chi connectivity index (χ0) is 18.3. The molecule has 1 aromatic carbocycles. The van der Waals surface area contributed by atoms with Crippen molar-refractivity contribution >= 4 is 16.8 Å². The normalized spacial score (nSPS) is 21.2. The lowest BCUT2D eigenvalue weighted by Gasteiger charge is -2.31. The molecular weight excluding hydrogens is 324 g/mol. The summed E-state index contributed by atoms with van der Waals surface area (Å²) in [5, 5.41) is 1.36. The molecule has 2 aromatic rings. The molecule has 0 radical (unpaired) electrons. The van der Waals surface area contributed by atoms with E-state index in [-0.39, 0.29) is 11.9 Å². The third-order valence-electron chi connectivity index (χ3n) is 5.96. The van der Waals surface area contributed by atoms with Crippen LogP contribution in [-0.4, -0.2) is 53.0 Å². The molecule has 1 fully saturated rings. The Hall–Kier alpha value is -1.85. The summed E-state index contributed by atoms with van der Waals surface area (Å²) < 4.78 is 2.40. The van der Waals surface area contributed by atoms with E-state index >= 15 is 0 Å². The third-order valence-corrected chi connectivity index (χ3v) is 5.96. The molecule has 4 rings (SSSR count). The van der Waals surface area contributed by atoms with Gasteiger partial charge in [0.25, 0.3) is 0 Å². The van der Waals surface area contributed by atoms with Crippen LogP contribution in [0.5, 0.6) is 0 Å². The van der Waals surface area contributed by atoms with Crippen LogP contribution < -0.4 is 5.73 Å². The van der Waals surface area contributed by atoms with Crippen LogP contribution in [-0.2, 0) is 24.3 Å². The molecule has 1 atom stereocenters. The average molecular weight is 354 g/mol. The van der Waals surface area contributed by atoms with Gasteiger partial charge in [0.1, 0.15) is 0 Å². The Bertz CT molecular complexity index is 825. The molecule has 3 heterocycles. The summed E-state index contributed by atoms with van der Waals surface area (Å²) in [7, 11) is 2.19. The van der Waals surface area contributed by atoms with Crippen LogP contribution in [0.25, 0.3) is 10.9 Å². The van der Waals surface area contributed by atoms with E-state index < -0.39 is 0 Å². The first-order valence-electron chi connectivity index (χ1n) is 9.85. The molecule has 5 nitrogen and oxygen atoms in total. The minimum Gasteiger partial charge on any atom is -0.344 e. The van der Waals surface area contributed by atoms with Crippen molar-refractivity contribution in [1.29, 1.82) is 0 Å². The summed E-state index contributed by atoms with van der Waals surface area (Å²) in [6.07, 6.45) is 3.68. The Morgan fingerprint density at radius 2 is 2.15 bits per heavy atom. The monoisotopic (exact) mass is 354 g/mol. The Balaban J connectivity index is 1.59. The van der Waals surface area contributed by atoms with Crippen molar-refractivity contribution in [3.8, 4) is 0 Å².